The van der Waals surface area contributed by atoms with Gasteiger partial charge in [-0.3, -0.25) is 14.4 Å². The van der Waals surface area contributed by atoms with Crippen LogP contribution in [-0.4, -0.2) is 48.7 Å². The number of rotatable bonds is 9. The standard InChI is InChI=1S/C30H43FN2O6/c1-6-30(28(36)37)11-9-19(10-12-30)39-23-14-20(22(38-5)15-21(23)31)26(34)33-25-18-8-7-17(13-18)24(25)27(35)32-16-29(2,3)4/h14-15,17-19,24-25H,6-13,16H2,1-5H3,(H,32,35)(H,33,34)(H,36,37)/t17-,18+,19-,24+,25-,30+/m1/s1. The molecule has 8 nitrogen and oxygen atoms in total. The topological polar surface area (TPSA) is 114 Å². The van der Waals surface area contributed by atoms with Gasteiger partial charge in [0.05, 0.1) is 30.1 Å². The van der Waals surface area contributed by atoms with Crippen molar-refractivity contribution < 1.29 is 33.4 Å². The summed E-state index contributed by atoms with van der Waals surface area (Å²) in [4.78, 5) is 38.5. The molecule has 0 unspecified atom stereocenters. The van der Waals surface area contributed by atoms with Crippen LogP contribution in [0.15, 0.2) is 12.1 Å². The molecule has 4 rings (SSSR count). The van der Waals surface area contributed by atoms with Crippen molar-refractivity contribution in [3.05, 3.63) is 23.5 Å². The van der Waals surface area contributed by atoms with E-state index < -0.39 is 23.1 Å². The average molecular weight is 547 g/mol. The molecule has 0 heterocycles. The minimum Gasteiger partial charge on any atom is -0.496 e. The summed E-state index contributed by atoms with van der Waals surface area (Å²) >= 11 is 0. The molecular weight excluding hydrogens is 503 g/mol. The van der Waals surface area contributed by atoms with Crippen LogP contribution in [0.1, 0.15) is 89.4 Å². The van der Waals surface area contributed by atoms with Crippen molar-refractivity contribution in [3.63, 3.8) is 0 Å². The Bertz CT molecular complexity index is 1090. The van der Waals surface area contributed by atoms with Crippen molar-refractivity contribution in [2.45, 2.75) is 91.2 Å². The molecule has 2 bridgehead atoms. The molecule has 0 aromatic heterocycles. The summed E-state index contributed by atoms with van der Waals surface area (Å²) in [6.07, 6.45) is 4.93. The van der Waals surface area contributed by atoms with Crippen LogP contribution in [0.5, 0.6) is 11.5 Å². The van der Waals surface area contributed by atoms with Gasteiger partial charge in [-0.15, -0.1) is 0 Å². The number of aliphatic carboxylic acids is 1. The van der Waals surface area contributed by atoms with E-state index in [-0.39, 0.29) is 58.3 Å². The quantitative estimate of drug-likeness (QED) is 0.404. The highest BCUT2D eigenvalue weighted by molar-refractivity contribution is 5.98. The van der Waals surface area contributed by atoms with Crippen molar-refractivity contribution in [1.29, 1.82) is 0 Å². The Morgan fingerprint density at radius 3 is 2.33 bits per heavy atom. The highest BCUT2D eigenvalue weighted by atomic mass is 19.1. The molecule has 0 saturated heterocycles. The Morgan fingerprint density at radius 1 is 1.08 bits per heavy atom. The van der Waals surface area contributed by atoms with Gasteiger partial charge >= 0.3 is 5.97 Å². The van der Waals surface area contributed by atoms with Gasteiger partial charge in [-0.05, 0) is 74.7 Å². The number of nitrogens with one attached hydrogen (secondary N) is 2. The second-order valence-corrected chi connectivity index (χ2v) is 12.9. The van der Waals surface area contributed by atoms with Gasteiger partial charge in [0.25, 0.3) is 5.91 Å². The number of halogens is 1. The second kappa shape index (κ2) is 11.3. The van der Waals surface area contributed by atoms with E-state index >= 15 is 0 Å². The molecule has 4 atom stereocenters. The van der Waals surface area contributed by atoms with Gasteiger partial charge in [-0.2, -0.15) is 0 Å². The van der Waals surface area contributed by atoms with Crippen LogP contribution in [0.25, 0.3) is 0 Å². The first-order valence-corrected chi connectivity index (χ1v) is 14.2. The molecule has 9 heteroatoms. The highest BCUT2D eigenvalue weighted by Gasteiger charge is 2.51. The van der Waals surface area contributed by atoms with E-state index in [1.807, 2.05) is 6.92 Å². The molecule has 3 N–H and O–H groups in total. The van der Waals surface area contributed by atoms with E-state index in [1.54, 1.807) is 0 Å². The third-order valence-corrected chi connectivity index (χ3v) is 9.12. The van der Waals surface area contributed by atoms with Gasteiger partial charge in [-0.1, -0.05) is 27.7 Å². The summed E-state index contributed by atoms with van der Waals surface area (Å²) in [5.41, 5.74) is -0.664. The molecule has 216 valence electrons. The fourth-order valence-electron chi connectivity index (χ4n) is 6.71. The average Bonchev–Trinajstić information content (AvgIpc) is 3.50. The van der Waals surface area contributed by atoms with E-state index in [0.717, 1.165) is 25.3 Å². The molecule has 3 aliphatic rings. The molecule has 0 radical (unpaired) electrons. The van der Waals surface area contributed by atoms with Crippen LogP contribution >= 0.6 is 0 Å². The lowest BCUT2D eigenvalue weighted by Crippen LogP contribution is -2.50. The first-order valence-electron chi connectivity index (χ1n) is 14.2. The number of hydrogen-bond donors (Lipinski definition) is 3. The SMILES string of the molecule is CC[C@]1(C(=O)O)CC[C@@H](Oc2cc(C(=O)N[C@@H]3[C@H]4CC[C@H](C4)[C@@H]3C(=O)NCC(C)(C)C)c(OC)cc2F)CC1. The maximum atomic E-state index is 15.0. The summed E-state index contributed by atoms with van der Waals surface area (Å²) in [6, 6.07) is 2.21. The number of methoxy groups -OCH3 is 1. The molecule has 0 spiro atoms. The van der Waals surface area contributed by atoms with Crippen LogP contribution in [0.3, 0.4) is 0 Å². The zero-order chi connectivity index (χ0) is 28.5. The summed E-state index contributed by atoms with van der Waals surface area (Å²) < 4.78 is 26.3. The Hall–Kier alpha value is -2.84. The summed E-state index contributed by atoms with van der Waals surface area (Å²) in [5, 5.41) is 15.8. The van der Waals surface area contributed by atoms with Gasteiger partial charge in [0.2, 0.25) is 5.91 Å². The van der Waals surface area contributed by atoms with Gasteiger partial charge in [0.1, 0.15) is 5.75 Å². The van der Waals surface area contributed by atoms with Gasteiger partial charge in [0, 0.05) is 18.7 Å². The summed E-state index contributed by atoms with van der Waals surface area (Å²) in [5.74, 6) is -1.71. The summed E-state index contributed by atoms with van der Waals surface area (Å²) in [6.45, 7) is 8.62. The summed E-state index contributed by atoms with van der Waals surface area (Å²) in [7, 11) is 1.38. The number of amides is 2. The van der Waals surface area contributed by atoms with Gasteiger partial charge in [-0.25, -0.2) is 4.39 Å². The van der Waals surface area contributed by atoms with Crippen molar-refractivity contribution in [1.82, 2.24) is 10.6 Å². The predicted octanol–water partition coefficient (Wildman–Crippen LogP) is 4.94. The highest BCUT2D eigenvalue weighted by Crippen LogP contribution is 2.49. The molecule has 3 aliphatic carbocycles. The minimum absolute atomic E-state index is 0.0284. The molecule has 1 aromatic carbocycles. The van der Waals surface area contributed by atoms with Crippen LogP contribution in [0, 0.1) is 34.4 Å². The number of fused-ring (bicyclic) bond motifs is 2. The Morgan fingerprint density at radius 2 is 1.74 bits per heavy atom. The van der Waals surface area contributed by atoms with Crippen molar-refractivity contribution in [3.8, 4) is 11.5 Å². The Labute approximate surface area is 230 Å². The van der Waals surface area contributed by atoms with Crippen molar-refractivity contribution >= 4 is 17.8 Å². The zero-order valence-corrected chi connectivity index (χ0v) is 23.8. The van der Waals surface area contributed by atoms with E-state index in [1.165, 1.54) is 13.2 Å². The van der Waals surface area contributed by atoms with E-state index in [9.17, 15) is 23.9 Å². The van der Waals surface area contributed by atoms with Crippen LogP contribution < -0.4 is 20.1 Å². The molecular formula is C30H43FN2O6. The van der Waals surface area contributed by atoms with Crippen LogP contribution in [0.2, 0.25) is 0 Å². The fourth-order valence-corrected chi connectivity index (χ4v) is 6.71. The lowest BCUT2D eigenvalue weighted by atomic mass is 9.71. The number of carboxylic acids is 1. The number of carboxylic acid groups (broad SMARTS) is 1. The predicted molar refractivity (Wildman–Crippen MR) is 144 cm³/mol. The molecule has 3 saturated carbocycles. The lowest BCUT2D eigenvalue weighted by molar-refractivity contribution is -0.152. The number of carbonyl (C=O) groups excluding carboxylic acids is 2. The van der Waals surface area contributed by atoms with Gasteiger partial charge < -0.3 is 25.2 Å². The van der Waals surface area contributed by atoms with Crippen LogP contribution in [0.4, 0.5) is 4.39 Å². The maximum absolute atomic E-state index is 15.0. The number of hydrogen-bond acceptors (Lipinski definition) is 5. The first kappa shape index (κ1) is 29.2. The Kier molecular flexibility index (Phi) is 8.47. The first-order chi connectivity index (χ1) is 18.4. The monoisotopic (exact) mass is 546 g/mol. The number of carbonyl (C=O) groups is 3. The van der Waals surface area contributed by atoms with Gasteiger partial charge in [0.15, 0.2) is 11.6 Å². The third kappa shape index (κ3) is 6.17. The minimum atomic E-state index is -0.802. The van der Waals surface area contributed by atoms with E-state index in [2.05, 4.69) is 31.4 Å². The molecule has 2 amide bonds. The number of benzene rings is 1. The normalized spacial score (nSPS) is 30.1. The maximum Gasteiger partial charge on any atom is 0.309 e. The second-order valence-electron chi connectivity index (χ2n) is 12.9. The van der Waals surface area contributed by atoms with Crippen molar-refractivity contribution in [2.75, 3.05) is 13.7 Å². The van der Waals surface area contributed by atoms with Crippen LogP contribution in [-0.2, 0) is 9.59 Å². The van der Waals surface area contributed by atoms with E-state index in [0.29, 0.717) is 38.6 Å². The molecule has 0 aliphatic heterocycles. The molecule has 3 fully saturated rings. The molecule has 39 heavy (non-hydrogen) atoms. The van der Waals surface area contributed by atoms with Crippen molar-refractivity contribution in [2.24, 2.45) is 28.6 Å². The largest absolute Gasteiger partial charge is 0.496 e. The Balaban J connectivity index is 1.48. The third-order valence-electron chi connectivity index (χ3n) is 9.12. The fraction of sp³-hybridized carbons (Fsp3) is 0.700. The molecule has 1 aromatic rings. The van der Waals surface area contributed by atoms with E-state index in [4.69, 9.17) is 9.47 Å². The lowest BCUT2D eigenvalue weighted by Gasteiger charge is -2.36. The smallest absolute Gasteiger partial charge is 0.309 e. The number of ether oxygens (including phenoxy) is 2. The zero-order valence-electron chi connectivity index (χ0n) is 23.8.